The van der Waals surface area contributed by atoms with Gasteiger partial charge in [-0.2, -0.15) is 0 Å². The number of nitro groups is 1. The van der Waals surface area contributed by atoms with Crippen molar-refractivity contribution in [1.29, 1.82) is 0 Å². The molecule has 0 N–H and O–H groups in total. The van der Waals surface area contributed by atoms with Crippen LogP contribution in [0.1, 0.15) is 11.1 Å². The molecule has 1 aromatic heterocycles. The SMILES string of the molecule is O=[N+]([O-])c1c(N(Cc2ccccc2)Cc2ccccc2)cc(Cl)nc1Cl. The van der Waals surface area contributed by atoms with E-state index >= 15 is 0 Å². The molecule has 0 aliphatic rings. The molecule has 0 spiro atoms. The summed E-state index contributed by atoms with van der Waals surface area (Å²) >= 11 is 12.0. The van der Waals surface area contributed by atoms with Gasteiger partial charge >= 0.3 is 5.69 Å². The molecule has 132 valence electrons. The fraction of sp³-hybridized carbons (Fsp3) is 0.105. The lowest BCUT2D eigenvalue weighted by molar-refractivity contribution is -0.384. The van der Waals surface area contributed by atoms with Crippen LogP contribution in [0.3, 0.4) is 0 Å². The van der Waals surface area contributed by atoms with Gasteiger partial charge in [0, 0.05) is 19.2 Å². The van der Waals surface area contributed by atoms with Crippen LogP contribution in [-0.2, 0) is 13.1 Å². The largest absolute Gasteiger partial charge is 0.357 e. The minimum Gasteiger partial charge on any atom is -0.357 e. The summed E-state index contributed by atoms with van der Waals surface area (Å²) in [5, 5.41) is 11.5. The molecule has 0 aliphatic carbocycles. The Balaban J connectivity index is 2.07. The van der Waals surface area contributed by atoms with Gasteiger partial charge in [0.05, 0.1) is 4.92 Å². The van der Waals surface area contributed by atoms with E-state index in [4.69, 9.17) is 23.2 Å². The van der Waals surface area contributed by atoms with Crippen LogP contribution in [0.2, 0.25) is 10.3 Å². The van der Waals surface area contributed by atoms with Crippen LogP contribution in [0.5, 0.6) is 0 Å². The molecule has 0 saturated carbocycles. The first-order valence-corrected chi connectivity index (χ1v) is 8.63. The van der Waals surface area contributed by atoms with E-state index < -0.39 is 4.92 Å². The first kappa shape index (κ1) is 18.2. The fourth-order valence-electron chi connectivity index (χ4n) is 2.71. The second-order valence-corrected chi connectivity index (χ2v) is 6.43. The van der Waals surface area contributed by atoms with Crippen LogP contribution in [0.25, 0.3) is 0 Å². The van der Waals surface area contributed by atoms with E-state index in [1.807, 2.05) is 65.6 Å². The summed E-state index contributed by atoms with van der Waals surface area (Å²) in [7, 11) is 0. The van der Waals surface area contributed by atoms with Crippen molar-refractivity contribution in [2.45, 2.75) is 13.1 Å². The summed E-state index contributed by atoms with van der Waals surface area (Å²) in [6, 6.07) is 20.9. The number of anilines is 1. The van der Waals surface area contributed by atoms with Gasteiger partial charge in [-0.1, -0.05) is 83.9 Å². The summed E-state index contributed by atoms with van der Waals surface area (Å²) in [6.45, 7) is 0.931. The first-order valence-electron chi connectivity index (χ1n) is 7.88. The number of pyridine rings is 1. The molecule has 0 amide bonds. The minimum absolute atomic E-state index is 0.113. The summed E-state index contributed by atoms with van der Waals surface area (Å²) < 4.78 is 0. The number of benzene rings is 2. The molecule has 0 fully saturated rings. The number of hydrogen-bond donors (Lipinski definition) is 0. The Morgan fingerprint density at radius 3 is 1.88 bits per heavy atom. The Morgan fingerprint density at radius 1 is 0.923 bits per heavy atom. The molecule has 7 heteroatoms. The van der Waals surface area contributed by atoms with Gasteiger partial charge in [0.2, 0.25) is 5.15 Å². The van der Waals surface area contributed by atoms with Crippen molar-refractivity contribution in [3.8, 4) is 0 Å². The molecule has 26 heavy (non-hydrogen) atoms. The quantitative estimate of drug-likeness (QED) is 0.318. The maximum atomic E-state index is 11.6. The number of aromatic nitrogens is 1. The topological polar surface area (TPSA) is 59.3 Å². The van der Waals surface area contributed by atoms with Crippen LogP contribution < -0.4 is 4.90 Å². The molecular weight excluding hydrogens is 373 g/mol. The standard InChI is InChI=1S/C19H15Cl2N3O2/c20-17-11-16(18(24(25)26)19(21)22-17)23(12-14-7-3-1-4-8-14)13-15-9-5-2-6-10-15/h1-11H,12-13H2. The van der Waals surface area contributed by atoms with Gasteiger partial charge in [-0.15, -0.1) is 0 Å². The predicted octanol–water partition coefficient (Wildman–Crippen LogP) is 5.50. The van der Waals surface area contributed by atoms with Crippen LogP contribution in [0.15, 0.2) is 66.7 Å². The maximum absolute atomic E-state index is 11.6. The zero-order valence-corrected chi connectivity index (χ0v) is 15.2. The number of rotatable bonds is 6. The molecule has 0 unspecified atom stereocenters. The van der Waals surface area contributed by atoms with Crippen LogP contribution in [0, 0.1) is 10.1 Å². The molecule has 1 heterocycles. The molecule has 0 aliphatic heterocycles. The Bertz CT molecular complexity index is 864. The maximum Gasteiger partial charge on any atom is 0.329 e. The normalized spacial score (nSPS) is 10.5. The van der Waals surface area contributed by atoms with Crippen LogP contribution in [-0.4, -0.2) is 9.91 Å². The zero-order chi connectivity index (χ0) is 18.5. The van der Waals surface area contributed by atoms with E-state index in [0.717, 1.165) is 11.1 Å². The van der Waals surface area contributed by atoms with Crippen molar-refractivity contribution in [2.75, 3.05) is 4.90 Å². The second kappa shape index (κ2) is 8.17. The first-order chi connectivity index (χ1) is 12.5. The molecule has 0 radical (unpaired) electrons. The molecule has 0 saturated heterocycles. The lowest BCUT2D eigenvalue weighted by Gasteiger charge is -2.25. The molecular formula is C19H15Cl2N3O2. The minimum atomic E-state index is -0.524. The van der Waals surface area contributed by atoms with Crippen molar-refractivity contribution in [2.24, 2.45) is 0 Å². The summed E-state index contributed by atoms with van der Waals surface area (Å²) in [4.78, 5) is 16.7. The van der Waals surface area contributed by atoms with E-state index in [1.165, 1.54) is 6.07 Å². The molecule has 0 bridgehead atoms. The van der Waals surface area contributed by atoms with E-state index in [2.05, 4.69) is 4.98 Å². The Hall–Kier alpha value is -2.63. The average molecular weight is 388 g/mol. The highest BCUT2D eigenvalue weighted by Gasteiger charge is 2.26. The van der Waals surface area contributed by atoms with Gasteiger partial charge in [0.15, 0.2) is 0 Å². The predicted molar refractivity (Wildman–Crippen MR) is 104 cm³/mol. The molecule has 2 aromatic carbocycles. The number of halogens is 2. The van der Waals surface area contributed by atoms with Crippen molar-refractivity contribution in [3.63, 3.8) is 0 Å². The van der Waals surface area contributed by atoms with Crippen molar-refractivity contribution in [1.82, 2.24) is 4.98 Å². The van der Waals surface area contributed by atoms with E-state index in [9.17, 15) is 10.1 Å². The highest BCUT2D eigenvalue weighted by Crippen LogP contribution is 2.37. The van der Waals surface area contributed by atoms with E-state index in [-0.39, 0.29) is 16.0 Å². The van der Waals surface area contributed by atoms with Gasteiger partial charge < -0.3 is 4.90 Å². The molecule has 0 atom stereocenters. The Morgan fingerprint density at radius 2 is 1.42 bits per heavy atom. The lowest BCUT2D eigenvalue weighted by Crippen LogP contribution is -2.23. The Labute approximate surface area is 161 Å². The lowest BCUT2D eigenvalue weighted by atomic mass is 10.1. The summed E-state index contributed by atoms with van der Waals surface area (Å²) in [5.74, 6) is 0. The highest BCUT2D eigenvalue weighted by atomic mass is 35.5. The summed E-state index contributed by atoms with van der Waals surface area (Å²) in [5.41, 5.74) is 2.12. The van der Waals surface area contributed by atoms with Gasteiger partial charge in [-0.25, -0.2) is 4.98 Å². The van der Waals surface area contributed by atoms with Gasteiger partial charge in [0.25, 0.3) is 0 Å². The van der Waals surface area contributed by atoms with Crippen molar-refractivity contribution < 1.29 is 4.92 Å². The molecule has 3 aromatic rings. The second-order valence-electron chi connectivity index (χ2n) is 5.69. The molecule has 3 rings (SSSR count). The van der Waals surface area contributed by atoms with E-state index in [0.29, 0.717) is 18.8 Å². The third-order valence-electron chi connectivity index (χ3n) is 3.85. The van der Waals surface area contributed by atoms with E-state index in [1.54, 1.807) is 0 Å². The van der Waals surface area contributed by atoms with Crippen molar-refractivity contribution in [3.05, 3.63) is 98.3 Å². The third kappa shape index (κ3) is 4.31. The smallest absolute Gasteiger partial charge is 0.329 e. The van der Waals surface area contributed by atoms with Gasteiger partial charge in [-0.05, 0) is 11.1 Å². The number of nitrogens with zero attached hydrogens (tertiary/aromatic N) is 3. The fourth-order valence-corrected chi connectivity index (χ4v) is 3.20. The van der Waals surface area contributed by atoms with Gasteiger partial charge in [0.1, 0.15) is 10.8 Å². The average Bonchev–Trinajstić information content (AvgIpc) is 2.62. The Kier molecular flexibility index (Phi) is 5.71. The monoisotopic (exact) mass is 387 g/mol. The van der Waals surface area contributed by atoms with Gasteiger partial charge in [-0.3, -0.25) is 10.1 Å². The van der Waals surface area contributed by atoms with Crippen LogP contribution in [0.4, 0.5) is 11.4 Å². The highest BCUT2D eigenvalue weighted by molar-refractivity contribution is 6.34. The van der Waals surface area contributed by atoms with Crippen LogP contribution >= 0.6 is 23.2 Å². The summed E-state index contributed by atoms with van der Waals surface area (Å²) in [6.07, 6.45) is 0. The molecule has 5 nitrogen and oxygen atoms in total. The number of hydrogen-bond acceptors (Lipinski definition) is 4. The van der Waals surface area contributed by atoms with Crippen molar-refractivity contribution >= 4 is 34.6 Å². The third-order valence-corrected chi connectivity index (χ3v) is 4.31. The zero-order valence-electron chi connectivity index (χ0n) is 13.7.